The lowest BCUT2D eigenvalue weighted by molar-refractivity contribution is 0.567. The van der Waals surface area contributed by atoms with Crippen LogP contribution in [-0.4, -0.2) is 15.0 Å². The molecular formula is C3H9N3O2S. The molecule has 5 nitrogen and oxygen atoms in total. The fourth-order valence-electron chi connectivity index (χ4n) is 0.214. The third-order valence-electron chi connectivity index (χ3n) is 0.461. The second-order valence-electron chi connectivity index (χ2n) is 1.32. The van der Waals surface area contributed by atoms with Crippen molar-refractivity contribution in [3.05, 3.63) is 12.7 Å². The first-order chi connectivity index (χ1) is 4.06. The van der Waals surface area contributed by atoms with Crippen LogP contribution in [0.1, 0.15) is 0 Å². The average Bonchev–Trinajstić information content (AvgIpc) is 1.63. The minimum Gasteiger partial charge on any atom is -0.239 e. The summed E-state index contributed by atoms with van der Waals surface area (Å²) in [6, 6.07) is 0. The molecular weight excluding hydrogens is 142 g/mol. The van der Waals surface area contributed by atoms with Gasteiger partial charge in [-0.15, -0.1) is 11.4 Å². The van der Waals surface area contributed by atoms with Gasteiger partial charge >= 0.3 is 0 Å². The molecule has 0 heterocycles. The van der Waals surface area contributed by atoms with E-state index in [1.165, 1.54) is 6.08 Å². The minimum absolute atomic E-state index is 0.344. The van der Waals surface area contributed by atoms with E-state index < -0.39 is 10.2 Å². The van der Waals surface area contributed by atoms with Crippen LogP contribution in [0.5, 0.6) is 0 Å². The van der Waals surface area contributed by atoms with E-state index in [1.54, 1.807) is 0 Å². The highest BCUT2D eigenvalue weighted by Gasteiger charge is 1.94. The molecule has 6 heteroatoms. The Labute approximate surface area is 54.1 Å². The van der Waals surface area contributed by atoms with Crippen molar-refractivity contribution in [1.29, 1.82) is 0 Å². The number of hydrazine groups is 1. The summed E-state index contributed by atoms with van der Waals surface area (Å²) in [5.41, 5.74) is 2.29. The van der Waals surface area contributed by atoms with E-state index in [0.717, 1.165) is 0 Å². The van der Waals surface area contributed by atoms with Crippen LogP contribution >= 0.6 is 0 Å². The summed E-state index contributed by atoms with van der Waals surface area (Å²) in [6.07, 6.45) is 1.50. The number of hydrogen-bond acceptors (Lipinski definition) is 3. The third-order valence-corrected chi connectivity index (χ3v) is 0.890. The van der Waals surface area contributed by atoms with Crippen molar-refractivity contribution in [3.8, 4) is 0 Å². The molecule has 0 radical (unpaired) electrons. The molecule has 0 aromatic rings. The first-order valence-corrected chi connectivity index (χ1v) is 3.74. The Morgan fingerprint density at radius 2 is 2.22 bits per heavy atom. The Bertz CT molecular complexity index is 173. The Balaban J connectivity index is 3.40. The lowest BCUT2D eigenvalue weighted by Crippen LogP contribution is -2.41. The van der Waals surface area contributed by atoms with Gasteiger partial charge in [0.25, 0.3) is 10.2 Å². The molecule has 0 spiro atoms. The quantitative estimate of drug-likeness (QED) is 0.259. The van der Waals surface area contributed by atoms with Crippen molar-refractivity contribution in [2.24, 2.45) is 5.14 Å². The van der Waals surface area contributed by atoms with Crippen molar-refractivity contribution >= 4 is 10.2 Å². The van der Waals surface area contributed by atoms with Crippen LogP contribution in [0.4, 0.5) is 0 Å². The van der Waals surface area contributed by atoms with Gasteiger partial charge in [-0.05, 0) is 0 Å². The molecule has 0 aliphatic heterocycles. The van der Waals surface area contributed by atoms with E-state index in [-0.39, 0.29) is 0 Å². The predicted molar refractivity (Wildman–Crippen MR) is 34.4 cm³/mol. The SMILES string of the molecule is C=CCNNS(N)(=O)=O. The summed E-state index contributed by atoms with van der Waals surface area (Å²) < 4.78 is 20.2. The fraction of sp³-hybridized carbons (Fsp3) is 0.333. The smallest absolute Gasteiger partial charge is 0.239 e. The van der Waals surface area contributed by atoms with E-state index in [1.807, 2.05) is 4.83 Å². The van der Waals surface area contributed by atoms with Crippen molar-refractivity contribution < 1.29 is 8.42 Å². The number of nitrogens with two attached hydrogens (primary N) is 1. The van der Waals surface area contributed by atoms with Crippen LogP contribution in [-0.2, 0) is 10.2 Å². The second-order valence-corrected chi connectivity index (χ2v) is 2.61. The van der Waals surface area contributed by atoms with Gasteiger partial charge in [-0.1, -0.05) is 6.08 Å². The van der Waals surface area contributed by atoms with E-state index in [4.69, 9.17) is 0 Å². The Kier molecular flexibility index (Phi) is 3.40. The van der Waals surface area contributed by atoms with Crippen LogP contribution in [0.3, 0.4) is 0 Å². The summed E-state index contributed by atoms with van der Waals surface area (Å²) >= 11 is 0. The summed E-state index contributed by atoms with van der Waals surface area (Å²) in [4.78, 5) is 1.85. The standard InChI is InChI=1S/C3H9N3O2S/c1-2-3-5-6-9(4,7)8/h2,5-6H,1,3H2,(H2,4,7,8). The Morgan fingerprint density at radius 3 is 2.56 bits per heavy atom. The molecule has 54 valence electrons. The van der Waals surface area contributed by atoms with Crippen LogP contribution in [0.25, 0.3) is 0 Å². The summed E-state index contributed by atoms with van der Waals surface area (Å²) in [5, 5.41) is 4.54. The van der Waals surface area contributed by atoms with Crippen LogP contribution in [0, 0.1) is 0 Å². The normalized spacial score (nSPS) is 11.2. The molecule has 4 N–H and O–H groups in total. The highest BCUT2D eigenvalue weighted by molar-refractivity contribution is 7.87. The van der Waals surface area contributed by atoms with E-state index in [9.17, 15) is 8.42 Å². The van der Waals surface area contributed by atoms with Crippen LogP contribution in [0.2, 0.25) is 0 Å². The number of hydrogen-bond donors (Lipinski definition) is 3. The highest BCUT2D eigenvalue weighted by Crippen LogP contribution is 1.60. The first kappa shape index (κ1) is 8.57. The molecule has 0 saturated carbocycles. The fourth-order valence-corrected chi connectivity index (χ4v) is 0.499. The molecule has 0 amide bonds. The molecule has 0 aliphatic rings. The molecule has 0 fully saturated rings. The van der Waals surface area contributed by atoms with Crippen LogP contribution in [0.15, 0.2) is 12.7 Å². The molecule has 0 aromatic carbocycles. The van der Waals surface area contributed by atoms with Gasteiger partial charge in [0.15, 0.2) is 0 Å². The summed E-state index contributed by atoms with van der Waals surface area (Å²) in [5.74, 6) is 0. The van der Waals surface area contributed by atoms with E-state index in [2.05, 4.69) is 17.1 Å². The molecule has 0 unspecified atom stereocenters. The van der Waals surface area contributed by atoms with E-state index >= 15 is 0 Å². The minimum atomic E-state index is -3.61. The lowest BCUT2D eigenvalue weighted by atomic mass is 10.7. The molecule has 0 atom stereocenters. The van der Waals surface area contributed by atoms with Gasteiger partial charge in [0.05, 0.1) is 0 Å². The molecule has 0 bridgehead atoms. The van der Waals surface area contributed by atoms with Gasteiger partial charge in [0.2, 0.25) is 0 Å². The molecule has 0 aromatic heterocycles. The largest absolute Gasteiger partial charge is 0.287 e. The Hall–Kier alpha value is -0.430. The maximum absolute atomic E-state index is 10.1. The maximum Gasteiger partial charge on any atom is 0.287 e. The average molecular weight is 151 g/mol. The molecule has 0 saturated heterocycles. The van der Waals surface area contributed by atoms with Crippen LogP contribution < -0.4 is 15.4 Å². The van der Waals surface area contributed by atoms with Gasteiger partial charge in [-0.3, -0.25) is 0 Å². The van der Waals surface area contributed by atoms with Crippen molar-refractivity contribution in [2.75, 3.05) is 6.54 Å². The highest BCUT2D eigenvalue weighted by atomic mass is 32.2. The monoisotopic (exact) mass is 151 g/mol. The first-order valence-electron chi connectivity index (χ1n) is 2.19. The van der Waals surface area contributed by atoms with Crippen molar-refractivity contribution in [3.63, 3.8) is 0 Å². The van der Waals surface area contributed by atoms with Gasteiger partial charge in [0.1, 0.15) is 0 Å². The van der Waals surface area contributed by atoms with Gasteiger partial charge < -0.3 is 0 Å². The zero-order chi connectivity index (χ0) is 7.33. The summed E-state index contributed by atoms with van der Waals surface area (Å²) in [7, 11) is -3.61. The van der Waals surface area contributed by atoms with Crippen molar-refractivity contribution in [1.82, 2.24) is 10.3 Å². The lowest BCUT2D eigenvalue weighted by Gasteiger charge is -1.98. The maximum atomic E-state index is 10.1. The second kappa shape index (κ2) is 3.57. The zero-order valence-electron chi connectivity index (χ0n) is 4.79. The molecule has 0 rings (SSSR count). The number of nitrogens with one attached hydrogen (secondary N) is 2. The zero-order valence-corrected chi connectivity index (χ0v) is 5.61. The van der Waals surface area contributed by atoms with E-state index in [0.29, 0.717) is 6.54 Å². The Morgan fingerprint density at radius 1 is 1.67 bits per heavy atom. The number of rotatable bonds is 4. The summed E-state index contributed by atoms with van der Waals surface area (Å²) in [6.45, 7) is 3.69. The van der Waals surface area contributed by atoms with Gasteiger partial charge in [-0.25, -0.2) is 10.6 Å². The topological polar surface area (TPSA) is 84.2 Å². The predicted octanol–water partition coefficient (Wildman–Crippen LogP) is -1.53. The third kappa shape index (κ3) is 7.57. The molecule has 9 heavy (non-hydrogen) atoms. The van der Waals surface area contributed by atoms with Crippen molar-refractivity contribution in [2.45, 2.75) is 0 Å². The molecule has 0 aliphatic carbocycles. The van der Waals surface area contributed by atoms with Gasteiger partial charge in [-0.2, -0.15) is 8.42 Å². The van der Waals surface area contributed by atoms with Gasteiger partial charge in [0, 0.05) is 6.54 Å².